The molecule has 15 heavy (non-hydrogen) atoms. The van der Waals surface area contributed by atoms with E-state index in [1.165, 1.54) is 11.2 Å². The van der Waals surface area contributed by atoms with E-state index in [2.05, 4.69) is 0 Å². The van der Waals surface area contributed by atoms with Gasteiger partial charge in [-0.2, -0.15) is 0 Å². The summed E-state index contributed by atoms with van der Waals surface area (Å²) in [4.78, 5) is 0. The molecule has 0 heterocycles. The standard InChI is InChI=1S/C10H15ClN4/c1-7(15(14)10(13)6-12)8-2-4-9(11)5-3-8/h2-7H,12-14H2,1H3/b10-6-. The molecule has 1 unspecified atom stereocenters. The quantitative estimate of drug-likeness (QED) is 0.536. The van der Waals surface area contributed by atoms with E-state index in [0.717, 1.165) is 5.56 Å². The van der Waals surface area contributed by atoms with Crippen LogP contribution in [0.25, 0.3) is 0 Å². The summed E-state index contributed by atoms with van der Waals surface area (Å²) in [5.74, 6) is 6.10. The molecule has 1 rings (SSSR count). The van der Waals surface area contributed by atoms with E-state index in [1.807, 2.05) is 31.2 Å². The van der Waals surface area contributed by atoms with Crippen molar-refractivity contribution in [2.75, 3.05) is 0 Å². The zero-order valence-electron chi connectivity index (χ0n) is 8.52. The van der Waals surface area contributed by atoms with Crippen LogP contribution in [-0.4, -0.2) is 5.01 Å². The summed E-state index contributed by atoms with van der Waals surface area (Å²) in [6.07, 6.45) is 1.27. The number of hydrogen-bond donors (Lipinski definition) is 3. The molecular formula is C10H15ClN4. The van der Waals surface area contributed by atoms with E-state index in [-0.39, 0.29) is 6.04 Å². The Morgan fingerprint density at radius 3 is 2.40 bits per heavy atom. The second-order valence-corrected chi connectivity index (χ2v) is 3.66. The van der Waals surface area contributed by atoms with Gasteiger partial charge in [0.25, 0.3) is 0 Å². The van der Waals surface area contributed by atoms with Gasteiger partial charge >= 0.3 is 0 Å². The summed E-state index contributed by atoms with van der Waals surface area (Å²) in [7, 11) is 0. The molecule has 0 saturated heterocycles. The van der Waals surface area contributed by atoms with Crippen LogP contribution in [0.1, 0.15) is 18.5 Å². The van der Waals surface area contributed by atoms with Crippen molar-refractivity contribution >= 4 is 11.6 Å². The molecular weight excluding hydrogens is 212 g/mol. The second kappa shape index (κ2) is 4.91. The van der Waals surface area contributed by atoms with Crippen LogP contribution in [0.2, 0.25) is 5.02 Å². The predicted octanol–water partition coefficient (Wildman–Crippen LogP) is 1.29. The van der Waals surface area contributed by atoms with Gasteiger partial charge in [0, 0.05) is 11.2 Å². The van der Waals surface area contributed by atoms with Gasteiger partial charge in [0.1, 0.15) is 5.82 Å². The highest BCUT2D eigenvalue weighted by atomic mass is 35.5. The minimum absolute atomic E-state index is 0.0536. The Morgan fingerprint density at radius 1 is 1.40 bits per heavy atom. The number of benzene rings is 1. The van der Waals surface area contributed by atoms with Crippen LogP contribution in [0.15, 0.2) is 36.3 Å². The summed E-state index contributed by atoms with van der Waals surface area (Å²) < 4.78 is 0. The van der Waals surface area contributed by atoms with E-state index >= 15 is 0 Å². The molecule has 82 valence electrons. The van der Waals surface area contributed by atoms with E-state index in [0.29, 0.717) is 10.8 Å². The van der Waals surface area contributed by atoms with E-state index in [9.17, 15) is 0 Å². The van der Waals surface area contributed by atoms with Crippen molar-refractivity contribution < 1.29 is 0 Å². The number of nitrogens with zero attached hydrogens (tertiary/aromatic N) is 1. The van der Waals surface area contributed by atoms with Crippen molar-refractivity contribution in [3.63, 3.8) is 0 Å². The molecule has 4 nitrogen and oxygen atoms in total. The number of halogens is 1. The Kier molecular flexibility index (Phi) is 3.82. The molecule has 0 aliphatic carbocycles. The van der Waals surface area contributed by atoms with Gasteiger partial charge in [-0.25, -0.2) is 5.84 Å². The summed E-state index contributed by atoms with van der Waals surface area (Å²) in [6, 6.07) is 7.36. The molecule has 0 radical (unpaired) electrons. The lowest BCUT2D eigenvalue weighted by Crippen LogP contribution is -2.37. The van der Waals surface area contributed by atoms with E-state index < -0.39 is 0 Å². The molecule has 0 spiro atoms. The molecule has 0 saturated carbocycles. The van der Waals surface area contributed by atoms with Crippen molar-refractivity contribution in [3.05, 3.63) is 46.9 Å². The zero-order chi connectivity index (χ0) is 11.4. The van der Waals surface area contributed by atoms with Crippen LogP contribution in [-0.2, 0) is 0 Å². The predicted molar refractivity (Wildman–Crippen MR) is 62.4 cm³/mol. The highest BCUT2D eigenvalue weighted by Gasteiger charge is 2.12. The largest absolute Gasteiger partial charge is 0.402 e. The van der Waals surface area contributed by atoms with Crippen molar-refractivity contribution in [2.45, 2.75) is 13.0 Å². The first-order valence-electron chi connectivity index (χ1n) is 4.53. The zero-order valence-corrected chi connectivity index (χ0v) is 9.28. The van der Waals surface area contributed by atoms with Crippen LogP contribution in [0.3, 0.4) is 0 Å². The summed E-state index contributed by atoms with van der Waals surface area (Å²) in [6.45, 7) is 1.93. The molecule has 1 atom stereocenters. The third-order valence-corrected chi connectivity index (χ3v) is 2.49. The third-order valence-electron chi connectivity index (χ3n) is 2.24. The molecule has 6 N–H and O–H groups in total. The van der Waals surface area contributed by atoms with Crippen LogP contribution < -0.4 is 17.3 Å². The fourth-order valence-corrected chi connectivity index (χ4v) is 1.34. The number of hydrogen-bond acceptors (Lipinski definition) is 4. The maximum atomic E-state index is 5.78. The van der Waals surface area contributed by atoms with Gasteiger partial charge in [-0.05, 0) is 24.6 Å². The highest BCUT2D eigenvalue weighted by Crippen LogP contribution is 2.20. The summed E-state index contributed by atoms with van der Waals surface area (Å²) in [5, 5.41) is 2.10. The summed E-state index contributed by atoms with van der Waals surface area (Å²) >= 11 is 5.78. The van der Waals surface area contributed by atoms with Gasteiger partial charge in [0.2, 0.25) is 0 Å². The Hall–Kier alpha value is -1.39. The SMILES string of the molecule is CC(c1ccc(Cl)cc1)N(N)/C(N)=C\N. The van der Waals surface area contributed by atoms with Crippen LogP contribution >= 0.6 is 11.6 Å². The third kappa shape index (κ3) is 2.78. The molecule has 0 amide bonds. The molecule has 0 fully saturated rings. The fourth-order valence-electron chi connectivity index (χ4n) is 1.21. The lowest BCUT2D eigenvalue weighted by molar-refractivity contribution is 0.276. The smallest absolute Gasteiger partial charge is 0.129 e. The normalized spacial score (nSPS) is 13.7. The van der Waals surface area contributed by atoms with Gasteiger partial charge in [-0.3, -0.25) is 5.01 Å². The van der Waals surface area contributed by atoms with Crippen molar-refractivity contribution in [3.8, 4) is 0 Å². The Labute approximate surface area is 94.3 Å². The molecule has 1 aromatic carbocycles. The van der Waals surface area contributed by atoms with Gasteiger partial charge in [-0.15, -0.1) is 0 Å². The van der Waals surface area contributed by atoms with Crippen molar-refractivity contribution in [1.82, 2.24) is 5.01 Å². The molecule has 0 aromatic heterocycles. The van der Waals surface area contributed by atoms with E-state index in [1.54, 1.807) is 0 Å². The average molecular weight is 227 g/mol. The Bertz CT molecular complexity index is 347. The average Bonchev–Trinajstić information content (AvgIpc) is 2.27. The topological polar surface area (TPSA) is 81.3 Å². The highest BCUT2D eigenvalue weighted by molar-refractivity contribution is 6.30. The number of rotatable bonds is 3. The van der Waals surface area contributed by atoms with Gasteiger partial charge in [-0.1, -0.05) is 23.7 Å². The van der Waals surface area contributed by atoms with Crippen LogP contribution in [0.4, 0.5) is 0 Å². The van der Waals surface area contributed by atoms with Gasteiger partial charge in [0.15, 0.2) is 0 Å². The van der Waals surface area contributed by atoms with Crippen molar-refractivity contribution in [1.29, 1.82) is 0 Å². The fraction of sp³-hybridized carbons (Fsp3) is 0.200. The Morgan fingerprint density at radius 2 is 1.93 bits per heavy atom. The minimum atomic E-state index is -0.0536. The first-order chi connectivity index (χ1) is 7.06. The number of hydrazine groups is 1. The first-order valence-corrected chi connectivity index (χ1v) is 4.91. The maximum absolute atomic E-state index is 5.78. The summed E-state index contributed by atoms with van der Waals surface area (Å²) in [5.41, 5.74) is 11.9. The lowest BCUT2D eigenvalue weighted by atomic mass is 10.1. The van der Waals surface area contributed by atoms with Gasteiger partial charge < -0.3 is 11.5 Å². The lowest BCUT2D eigenvalue weighted by Gasteiger charge is -2.26. The van der Waals surface area contributed by atoms with Crippen LogP contribution in [0, 0.1) is 0 Å². The molecule has 0 aliphatic heterocycles. The maximum Gasteiger partial charge on any atom is 0.129 e. The molecule has 0 bridgehead atoms. The van der Waals surface area contributed by atoms with E-state index in [4.69, 9.17) is 28.9 Å². The minimum Gasteiger partial charge on any atom is -0.402 e. The second-order valence-electron chi connectivity index (χ2n) is 3.23. The van der Waals surface area contributed by atoms with Crippen LogP contribution in [0.5, 0.6) is 0 Å². The monoisotopic (exact) mass is 226 g/mol. The van der Waals surface area contributed by atoms with Gasteiger partial charge in [0.05, 0.1) is 6.04 Å². The first kappa shape index (κ1) is 11.7. The Balaban J connectivity index is 2.85. The van der Waals surface area contributed by atoms with Crippen molar-refractivity contribution in [2.24, 2.45) is 17.3 Å². The molecule has 5 heteroatoms. The molecule has 0 aliphatic rings. The molecule has 1 aromatic rings. The number of nitrogens with two attached hydrogens (primary N) is 3.